The standard InChI is InChI=1S/C16H23NO3S/c1-2-12-21(19,20)17-15-10-8-14(9-11-15)16(18)13-6-4-3-5-7-13/h8-11,13,17H,2-7,12H2,1H3. The van der Waals surface area contributed by atoms with Crippen LogP contribution in [-0.2, 0) is 10.0 Å². The van der Waals surface area contributed by atoms with E-state index in [1.54, 1.807) is 24.3 Å². The lowest BCUT2D eigenvalue weighted by Gasteiger charge is -2.20. The Morgan fingerprint density at radius 2 is 1.76 bits per heavy atom. The molecule has 0 saturated heterocycles. The third-order valence-electron chi connectivity index (χ3n) is 3.89. The molecule has 0 spiro atoms. The van der Waals surface area contributed by atoms with Crippen LogP contribution in [0.2, 0.25) is 0 Å². The zero-order chi connectivity index (χ0) is 15.3. The molecule has 116 valence electrons. The van der Waals surface area contributed by atoms with Gasteiger partial charge in [0.05, 0.1) is 5.75 Å². The minimum atomic E-state index is -3.27. The molecule has 21 heavy (non-hydrogen) atoms. The first-order chi connectivity index (χ1) is 10.0. The Hall–Kier alpha value is -1.36. The molecule has 0 radical (unpaired) electrons. The monoisotopic (exact) mass is 309 g/mol. The Morgan fingerprint density at radius 3 is 2.33 bits per heavy atom. The van der Waals surface area contributed by atoms with Crippen molar-refractivity contribution in [3.8, 4) is 0 Å². The normalized spacial score (nSPS) is 16.6. The molecule has 1 fully saturated rings. The maximum atomic E-state index is 12.4. The van der Waals surface area contributed by atoms with Crippen molar-refractivity contribution in [3.05, 3.63) is 29.8 Å². The smallest absolute Gasteiger partial charge is 0.232 e. The van der Waals surface area contributed by atoms with Crippen LogP contribution in [0.4, 0.5) is 5.69 Å². The number of benzene rings is 1. The van der Waals surface area contributed by atoms with E-state index >= 15 is 0 Å². The van der Waals surface area contributed by atoms with Crippen molar-refractivity contribution in [2.75, 3.05) is 10.5 Å². The van der Waals surface area contributed by atoms with Crippen LogP contribution in [0, 0.1) is 5.92 Å². The summed E-state index contributed by atoms with van der Waals surface area (Å²) in [5.74, 6) is 0.439. The fourth-order valence-corrected chi connectivity index (χ4v) is 3.94. The van der Waals surface area contributed by atoms with Crippen molar-refractivity contribution in [2.24, 2.45) is 5.92 Å². The number of ketones is 1. The Morgan fingerprint density at radius 1 is 1.14 bits per heavy atom. The van der Waals surface area contributed by atoms with Crippen molar-refractivity contribution in [1.82, 2.24) is 0 Å². The third kappa shape index (κ3) is 4.56. The van der Waals surface area contributed by atoms with Crippen LogP contribution < -0.4 is 4.72 Å². The highest BCUT2D eigenvalue weighted by atomic mass is 32.2. The van der Waals surface area contributed by atoms with Crippen LogP contribution in [0.3, 0.4) is 0 Å². The van der Waals surface area contributed by atoms with E-state index in [-0.39, 0.29) is 17.5 Å². The van der Waals surface area contributed by atoms with Crippen molar-refractivity contribution < 1.29 is 13.2 Å². The SMILES string of the molecule is CCCS(=O)(=O)Nc1ccc(C(=O)C2CCCCC2)cc1. The summed E-state index contributed by atoms with van der Waals surface area (Å²) in [6.45, 7) is 1.82. The molecule has 1 aromatic rings. The number of Topliss-reactive ketones (excluding diaryl/α,β-unsaturated/α-hetero) is 1. The maximum absolute atomic E-state index is 12.4. The molecule has 0 aromatic heterocycles. The molecule has 2 rings (SSSR count). The number of hydrogen-bond donors (Lipinski definition) is 1. The lowest BCUT2D eigenvalue weighted by molar-refractivity contribution is 0.0889. The lowest BCUT2D eigenvalue weighted by atomic mass is 9.84. The van der Waals surface area contributed by atoms with Crippen molar-refractivity contribution >= 4 is 21.5 Å². The van der Waals surface area contributed by atoms with Crippen LogP contribution in [0.15, 0.2) is 24.3 Å². The number of sulfonamides is 1. The van der Waals surface area contributed by atoms with Gasteiger partial charge in [-0.05, 0) is 43.5 Å². The summed E-state index contributed by atoms with van der Waals surface area (Å²) in [6, 6.07) is 6.79. The first-order valence-electron chi connectivity index (χ1n) is 7.66. The van der Waals surface area contributed by atoms with Gasteiger partial charge in [-0.15, -0.1) is 0 Å². The molecule has 5 heteroatoms. The van der Waals surface area contributed by atoms with E-state index in [0.29, 0.717) is 17.7 Å². The molecule has 0 atom stereocenters. The molecular formula is C16H23NO3S. The van der Waals surface area contributed by atoms with Crippen molar-refractivity contribution in [3.63, 3.8) is 0 Å². The van der Waals surface area contributed by atoms with E-state index in [2.05, 4.69) is 4.72 Å². The summed E-state index contributed by atoms with van der Waals surface area (Å²) in [4.78, 5) is 12.4. The molecular weight excluding hydrogens is 286 g/mol. The van der Waals surface area contributed by atoms with E-state index in [9.17, 15) is 13.2 Å². The number of nitrogens with one attached hydrogen (secondary N) is 1. The first kappa shape index (κ1) is 16.0. The number of hydrogen-bond acceptors (Lipinski definition) is 3. The summed E-state index contributed by atoms with van der Waals surface area (Å²) in [7, 11) is -3.27. The zero-order valence-corrected chi connectivity index (χ0v) is 13.3. The quantitative estimate of drug-likeness (QED) is 0.817. The number of carbonyl (C=O) groups is 1. The Bertz CT molecular complexity index is 572. The van der Waals surface area contributed by atoms with Gasteiger partial charge in [0.15, 0.2) is 5.78 Å². The summed E-state index contributed by atoms with van der Waals surface area (Å²) >= 11 is 0. The van der Waals surface area contributed by atoms with Gasteiger partial charge in [-0.25, -0.2) is 8.42 Å². The van der Waals surface area contributed by atoms with Gasteiger partial charge in [0.1, 0.15) is 0 Å². The van der Waals surface area contributed by atoms with E-state index in [4.69, 9.17) is 0 Å². The average Bonchev–Trinajstić information content (AvgIpc) is 2.48. The first-order valence-corrected chi connectivity index (χ1v) is 9.32. The second-order valence-corrected chi connectivity index (χ2v) is 7.54. The molecule has 0 heterocycles. The number of rotatable bonds is 6. The Kier molecular flexibility index (Phi) is 5.39. The van der Waals surface area contributed by atoms with Gasteiger partial charge < -0.3 is 0 Å². The van der Waals surface area contributed by atoms with Gasteiger partial charge in [0.2, 0.25) is 10.0 Å². The number of anilines is 1. The second-order valence-electron chi connectivity index (χ2n) is 5.70. The molecule has 0 amide bonds. The fraction of sp³-hybridized carbons (Fsp3) is 0.562. The van der Waals surface area contributed by atoms with Gasteiger partial charge in [-0.2, -0.15) is 0 Å². The molecule has 0 unspecified atom stereocenters. The highest BCUT2D eigenvalue weighted by molar-refractivity contribution is 7.92. The van der Waals surface area contributed by atoms with Gasteiger partial charge in [0.25, 0.3) is 0 Å². The molecule has 1 N–H and O–H groups in total. The van der Waals surface area contributed by atoms with Gasteiger partial charge in [-0.3, -0.25) is 9.52 Å². The Labute approximate surface area is 127 Å². The lowest BCUT2D eigenvalue weighted by Crippen LogP contribution is -2.18. The minimum absolute atomic E-state index is 0.107. The molecule has 0 aliphatic heterocycles. The van der Waals surface area contributed by atoms with Crippen molar-refractivity contribution in [1.29, 1.82) is 0 Å². The molecule has 1 aromatic carbocycles. The van der Waals surface area contributed by atoms with E-state index in [1.165, 1.54) is 6.42 Å². The molecule has 1 aliphatic carbocycles. The van der Waals surface area contributed by atoms with Crippen molar-refractivity contribution in [2.45, 2.75) is 45.4 Å². The predicted molar refractivity (Wildman–Crippen MR) is 85.0 cm³/mol. The van der Waals surface area contributed by atoms with Crippen LogP contribution >= 0.6 is 0 Å². The summed E-state index contributed by atoms with van der Waals surface area (Å²) in [6.07, 6.45) is 6.01. The van der Waals surface area contributed by atoms with E-state index < -0.39 is 10.0 Å². The van der Waals surface area contributed by atoms with E-state index in [1.807, 2.05) is 6.92 Å². The van der Waals surface area contributed by atoms with Gasteiger partial charge >= 0.3 is 0 Å². The average molecular weight is 309 g/mol. The third-order valence-corrected chi connectivity index (χ3v) is 5.38. The van der Waals surface area contributed by atoms with Crippen LogP contribution in [0.1, 0.15) is 55.8 Å². The number of carbonyl (C=O) groups excluding carboxylic acids is 1. The zero-order valence-electron chi connectivity index (χ0n) is 12.5. The fourth-order valence-electron chi connectivity index (χ4n) is 2.80. The molecule has 1 aliphatic rings. The summed E-state index contributed by atoms with van der Waals surface area (Å²) < 4.78 is 25.9. The highest BCUT2D eigenvalue weighted by Crippen LogP contribution is 2.27. The molecule has 1 saturated carbocycles. The van der Waals surface area contributed by atoms with Crippen LogP contribution in [0.25, 0.3) is 0 Å². The predicted octanol–water partition coefficient (Wildman–Crippen LogP) is 3.60. The second kappa shape index (κ2) is 7.07. The largest absolute Gasteiger partial charge is 0.294 e. The van der Waals surface area contributed by atoms with Gasteiger partial charge in [-0.1, -0.05) is 26.2 Å². The summed E-state index contributed by atoms with van der Waals surface area (Å²) in [5.41, 5.74) is 1.20. The van der Waals surface area contributed by atoms with Crippen LogP contribution in [-0.4, -0.2) is 20.0 Å². The maximum Gasteiger partial charge on any atom is 0.232 e. The van der Waals surface area contributed by atoms with Crippen LogP contribution in [0.5, 0.6) is 0 Å². The molecule has 4 nitrogen and oxygen atoms in total. The minimum Gasteiger partial charge on any atom is -0.294 e. The Balaban J connectivity index is 2.03. The topological polar surface area (TPSA) is 63.2 Å². The highest BCUT2D eigenvalue weighted by Gasteiger charge is 2.22. The van der Waals surface area contributed by atoms with E-state index in [0.717, 1.165) is 25.7 Å². The van der Waals surface area contributed by atoms with Gasteiger partial charge in [0, 0.05) is 17.2 Å². The molecule has 0 bridgehead atoms. The summed E-state index contributed by atoms with van der Waals surface area (Å²) in [5, 5.41) is 0.